The van der Waals surface area contributed by atoms with E-state index in [0.717, 1.165) is 5.70 Å². The lowest BCUT2D eigenvalue weighted by atomic mass is 10.1. The Balaban J connectivity index is 1.76. The number of hydrogen-bond acceptors (Lipinski definition) is 4. The van der Waals surface area contributed by atoms with Gasteiger partial charge in [0.25, 0.3) is 0 Å². The van der Waals surface area contributed by atoms with Crippen molar-refractivity contribution < 1.29 is 4.39 Å². The highest BCUT2D eigenvalue weighted by Gasteiger charge is 2.23. The van der Waals surface area contributed by atoms with Crippen molar-refractivity contribution in [3.05, 3.63) is 53.2 Å². The van der Waals surface area contributed by atoms with Crippen molar-refractivity contribution in [2.75, 3.05) is 13.1 Å². The first kappa shape index (κ1) is 17.2. The zero-order valence-corrected chi connectivity index (χ0v) is 15.4. The number of alkyl halides is 1. The van der Waals surface area contributed by atoms with Gasteiger partial charge in [-0.15, -0.1) is 0 Å². The first-order valence-corrected chi connectivity index (χ1v) is 9.01. The Morgan fingerprint density at radius 3 is 2.62 bits per heavy atom. The molecule has 1 saturated heterocycles. The summed E-state index contributed by atoms with van der Waals surface area (Å²) in [6, 6.07) is 0. The molecule has 4 heterocycles. The molecule has 0 radical (unpaired) electrons. The minimum atomic E-state index is -0.745. The molecule has 3 aromatic rings. The first-order chi connectivity index (χ1) is 12.6. The molecule has 1 aliphatic rings. The number of hydrogen-bond donors (Lipinski definition) is 0. The number of likely N-dealkylation sites (tertiary alicyclic amines) is 1. The number of fused-ring (bicyclic) bond motifs is 1. The van der Waals surface area contributed by atoms with Crippen molar-refractivity contribution in [1.29, 1.82) is 0 Å². The van der Waals surface area contributed by atoms with Gasteiger partial charge in [0.05, 0.1) is 21.6 Å². The fraction of sp³-hybridized carbons (Fsp3) is 0.278. The maximum absolute atomic E-state index is 13.4. The molecule has 3 aromatic heterocycles. The van der Waals surface area contributed by atoms with E-state index in [1.807, 2.05) is 4.90 Å². The predicted molar refractivity (Wildman–Crippen MR) is 101 cm³/mol. The number of rotatable bonds is 3. The molecule has 4 rings (SSSR count). The zero-order chi connectivity index (χ0) is 18.3. The molecule has 0 N–H and O–H groups in total. The number of halogens is 3. The Morgan fingerprint density at radius 2 is 1.92 bits per heavy atom. The Kier molecular flexibility index (Phi) is 4.54. The van der Waals surface area contributed by atoms with Crippen LogP contribution < -0.4 is 0 Å². The highest BCUT2D eigenvalue weighted by Crippen LogP contribution is 2.37. The van der Waals surface area contributed by atoms with Crippen LogP contribution in [0.15, 0.2) is 37.6 Å². The Morgan fingerprint density at radius 1 is 1.15 bits per heavy atom. The number of pyridine rings is 1. The van der Waals surface area contributed by atoms with Crippen molar-refractivity contribution in [2.45, 2.75) is 19.0 Å². The van der Waals surface area contributed by atoms with Gasteiger partial charge in [-0.25, -0.2) is 14.4 Å². The van der Waals surface area contributed by atoms with Gasteiger partial charge in [0.1, 0.15) is 11.8 Å². The Hall–Kier alpha value is -2.18. The zero-order valence-electron chi connectivity index (χ0n) is 13.9. The molecule has 0 spiro atoms. The lowest BCUT2D eigenvalue weighted by Gasteiger charge is -2.32. The highest BCUT2D eigenvalue weighted by molar-refractivity contribution is 6.43. The van der Waals surface area contributed by atoms with Gasteiger partial charge < -0.3 is 4.90 Å². The van der Waals surface area contributed by atoms with Crippen LogP contribution in [0.5, 0.6) is 0 Å². The summed E-state index contributed by atoms with van der Waals surface area (Å²) in [5, 5.41) is 1.59. The minimum Gasteiger partial charge on any atom is -0.371 e. The van der Waals surface area contributed by atoms with Gasteiger partial charge in [-0.3, -0.25) is 9.55 Å². The summed E-state index contributed by atoms with van der Waals surface area (Å²) in [4.78, 5) is 14.9. The molecule has 0 aliphatic carbocycles. The lowest BCUT2D eigenvalue weighted by Crippen LogP contribution is -2.32. The standard InChI is InChI=1S/C18H16Cl2FN5/c1-11(25-6-2-12(21)3-7-25)13-8-24-18-16(17(13)20)14(19)10-26(18)15-9-22-4-5-23-15/h4-5,8-10,12H,1-3,6-7H2. The van der Waals surface area contributed by atoms with Gasteiger partial charge in [0, 0.05) is 49.1 Å². The van der Waals surface area contributed by atoms with Crippen molar-refractivity contribution in [3.8, 4) is 5.82 Å². The monoisotopic (exact) mass is 391 g/mol. The van der Waals surface area contributed by atoms with E-state index >= 15 is 0 Å². The lowest BCUT2D eigenvalue weighted by molar-refractivity contribution is 0.197. The van der Waals surface area contributed by atoms with Crippen LogP contribution in [0.1, 0.15) is 18.4 Å². The third-order valence-corrected chi connectivity index (χ3v) is 5.30. The maximum atomic E-state index is 13.4. The second-order valence-corrected chi connectivity index (χ2v) is 6.99. The van der Waals surface area contributed by atoms with E-state index in [-0.39, 0.29) is 0 Å². The third-order valence-electron chi connectivity index (χ3n) is 4.62. The van der Waals surface area contributed by atoms with Crippen molar-refractivity contribution in [1.82, 2.24) is 24.4 Å². The average molecular weight is 392 g/mol. The molecular formula is C18H16Cl2FN5. The summed E-state index contributed by atoms with van der Waals surface area (Å²) in [7, 11) is 0. The summed E-state index contributed by atoms with van der Waals surface area (Å²) in [5.41, 5.74) is 2.04. The summed E-state index contributed by atoms with van der Waals surface area (Å²) in [6.07, 6.45) is 8.46. The van der Waals surface area contributed by atoms with Crippen molar-refractivity contribution in [2.24, 2.45) is 0 Å². The predicted octanol–water partition coefficient (Wildman–Crippen LogP) is 4.53. The number of piperidine rings is 1. The normalized spacial score (nSPS) is 15.6. The van der Waals surface area contributed by atoms with Crippen molar-refractivity contribution in [3.63, 3.8) is 0 Å². The summed E-state index contributed by atoms with van der Waals surface area (Å²) in [5.74, 6) is 0.601. The number of aromatic nitrogens is 4. The molecule has 8 heteroatoms. The van der Waals surface area contributed by atoms with E-state index in [2.05, 4.69) is 21.5 Å². The van der Waals surface area contributed by atoms with Crippen LogP contribution in [-0.4, -0.2) is 43.7 Å². The molecule has 0 saturated carbocycles. The molecule has 0 atom stereocenters. The third kappa shape index (κ3) is 2.93. The molecular weight excluding hydrogens is 376 g/mol. The van der Waals surface area contributed by atoms with Crippen LogP contribution in [0.2, 0.25) is 10.0 Å². The van der Waals surface area contributed by atoms with E-state index in [1.165, 1.54) is 0 Å². The van der Waals surface area contributed by atoms with E-state index in [9.17, 15) is 4.39 Å². The molecule has 1 fully saturated rings. The second-order valence-electron chi connectivity index (χ2n) is 6.20. The van der Waals surface area contributed by atoms with Crippen molar-refractivity contribution >= 4 is 39.9 Å². The molecule has 26 heavy (non-hydrogen) atoms. The summed E-state index contributed by atoms with van der Waals surface area (Å²) in [6.45, 7) is 5.37. The fourth-order valence-electron chi connectivity index (χ4n) is 3.19. The smallest absolute Gasteiger partial charge is 0.156 e. The van der Waals surface area contributed by atoms with E-state index in [1.54, 1.807) is 35.6 Å². The minimum absolute atomic E-state index is 0.472. The quantitative estimate of drug-likeness (QED) is 0.657. The molecule has 0 unspecified atom stereocenters. The Labute approximate surface area is 160 Å². The second kappa shape index (κ2) is 6.85. The van der Waals surface area contributed by atoms with Gasteiger partial charge >= 0.3 is 0 Å². The Bertz CT molecular complexity index is 965. The van der Waals surface area contributed by atoms with Crippen LogP contribution in [-0.2, 0) is 0 Å². The SMILES string of the molecule is C=C(c1cnc2c(c(Cl)cn2-c2cnccn2)c1Cl)N1CCC(F)CC1. The van der Waals surface area contributed by atoms with Gasteiger partial charge in [-0.05, 0) is 12.8 Å². The van der Waals surface area contributed by atoms with Gasteiger partial charge in [0.15, 0.2) is 5.82 Å². The van der Waals surface area contributed by atoms with Crippen LogP contribution in [0.3, 0.4) is 0 Å². The molecule has 0 bridgehead atoms. The van der Waals surface area contributed by atoms with Crippen LogP contribution >= 0.6 is 23.2 Å². The first-order valence-electron chi connectivity index (χ1n) is 8.26. The maximum Gasteiger partial charge on any atom is 0.156 e. The fourth-order valence-corrected chi connectivity index (χ4v) is 3.86. The highest BCUT2D eigenvalue weighted by atomic mass is 35.5. The van der Waals surface area contributed by atoms with Crippen LogP contribution in [0.4, 0.5) is 4.39 Å². The van der Waals surface area contributed by atoms with Crippen LogP contribution in [0, 0.1) is 0 Å². The molecule has 1 aliphatic heterocycles. The van der Waals surface area contributed by atoms with E-state index < -0.39 is 6.17 Å². The van der Waals surface area contributed by atoms with E-state index in [0.29, 0.717) is 58.4 Å². The van der Waals surface area contributed by atoms with Gasteiger partial charge in [0.2, 0.25) is 0 Å². The number of nitrogens with zero attached hydrogens (tertiary/aromatic N) is 5. The summed E-state index contributed by atoms with van der Waals surface area (Å²) >= 11 is 13.1. The summed E-state index contributed by atoms with van der Waals surface area (Å²) < 4.78 is 15.1. The van der Waals surface area contributed by atoms with Gasteiger partial charge in [-0.1, -0.05) is 29.8 Å². The molecule has 0 aromatic carbocycles. The largest absolute Gasteiger partial charge is 0.371 e. The topological polar surface area (TPSA) is 46.8 Å². The molecule has 5 nitrogen and oxygen atoms in total. The molecule has 0 amide bonds. The van der Waals surface area contributed by atoms with E-state index in [4.69, 9.17) is 23.2 Å². The van der Waals surface area contributed by atoms with Gasteiger partial charge in [-0.2, -0.15) is 0 Å². The average Bonchev–Trinajstić information content (AvgIpc) is 3.00. The van der Waals surface area contributed by atoms with Crippen LogP contribution in [0.25, 0.3) is 22.5 Å². The molecule has 134 valence electrons.